The lowest BCUT2D eigenvalue weighted by Gasteiger charge is -2.40. The first-order chi connectivity index (χ1) is 14.1. The molecule has 7 heteroatoms. The van der Waals surface area contributed by atoms with Gasteiger partial charge < -0.3 is 15.2 Å². The molecule has 7 nitrogen and oxygen atoms in total. The molecule has 1 aromatic carbocycles. The number of hydrogen-bond acceptors (Lipinski definition) is 5. The lowest BCUT2D eigenvalue weighted by Crippen LogP contribution is -2.48. The quantitative estimate of drug-likeness (QED) is 0.729. The fourth-order valence-electron chi connectivity index (χ4n) is 4.88. The molecule has 2 aliphatic rings. The number of carbonyl (C=O) groups excluding carboxylic acids is 1. The van der Waals surface area contributed by atoms with Gasteiger partial charge in [0.05, 0.1) is 11.9 Å². The van der Waals surface area contributed by atoms with Gasteiger partial charge in [0.2, 0.25) is 5.95 Å². The first kappa shape index (κ1) is 17.8. The Balaban J connectivity index is 1.44. The number of rotatable bonds is 2. The minimum Gasteiger partial charge on any atom is -0.368 e. The molecule has 1 spiro atoms. The summed E-state index contributed by atoms with van der Waals surface area (Å²) in [5.41, 5.74) is 9.58. The van der Waals surface area contributed by atoms with Crippen LogP contribution in [-0.2, 0) is 18.9 Å². The smallest absolute Gasteiger partial charge is 0.272 e. The van der Waals surface area contributed by atoms with E-state index in [2.05, 4.69) is 15.0 Å². The SMILES string of the molecule is Cn1c(C(=O)N2CCCC3(CCc4cnc(N)nc43)C2)cnc1-c1ccccc1. The Morgan fingerprint density at radius 3 is 2.79 bits per heavy atom. The standard InChI is InChI=1S/C22H24N6O/c1-27-17(13-24-19(27)15-6-3-2-4-7-15)20(29)28-11-5-9-22(14-28)10-8-16-12-25-21(23)26-18(16)22/h2-4,6-7,12-13H,5,8-11,14H2,1H3,(H2,23,25,26). The Kier molecular flexibility index (Phi) is 4.12. The van der Waals surface area contributed by atoms with Gasteiger partial charge in [0.15, 0.2) is 0 Å². The highest BCUT2D eigenvalue weighted by atomic mass is 16.2. The molecule has 0 radical (unpaired) electrons. The van der Waals surface area contributed by atoms with E-state index >= 15 is 0 Å². The van der Waals surface area contributed by atoms with E-state index in [1.807, 2.05) is 53.0 Å². The normalized spacial score (nSPS) is 20.8. The van der Waals surface area contributed by atoms with Gasteiger partial charge in [0.1, 0.15) is 11.5 Å². The van der Waals surface area contributed by atoms with Crippen molar-refractivity contribution in [2.75, 3.05) is 18.8 Å². The zero-order valence-electron chi connectivity index (χ0n) is 16.5. The number of hydrogen-bond donors (Lipinski definition) is 1. The van der Waals surface area contributed by atoms with E-state index in [1.165, 1.54) is 5.56 Å². The molecule has 3 heterocycles. The predicted octanol–water partition coefficient (Wildman–Crippen LogP) is 2.58. The topological polar surface area (TPSA) is 89.9 Å². The fourth-order valence-corrected chi connectivity index (χ4v) is 4.88. The Labute approximate surface area is 169 Å². The van der Waals surface area contributed by atoms with Crippen LogP contribution in [0.3, 0.4) is 0 Å². The highest BCUT2D eigenvalue weighted by molar-refractivity contribution is 5.93. The molecular weight excluding hydrogens is 364 g/mol. The van der Waals surface area contributed by atoms with Crippen LogP contribution in [0, 0.1) is 0 Å². The van der Waals surface area contributed by atoms with Crippen LogP contribution >= 0.6 is 0 Å². The summed E-state index contributed by atoms with van der Waals surface area (Å²) >= 11 is 0. The lowest BCUT2D eigenvalue weighted by atomic mass is 9.77. The molecule has 2 N–H and O–H groups in total. The minimum atomic E-state index is -0.110. The molecule has 1 unspecified atom stereocenters. The van der Waals surface area contributed by atoms with E-state index < -0.39 is 0 Å². The highest BCUT2D eigenvalue weighted by Gasteiger charge is 2.45. The molecule has 29 heavy (non-hydrogen) atoms. The monoisotopic (exact) mass is 388 g/mol. The zero-order valence-corrected chi connectivity index (χ0v) is 16.5. The number of amides is 1. The Morgan fingerprint density at radius 2 is 1.97 bits per heavy atom. The van der Waals surface area contributed by atoms with E-state index in [0.717, 1.165) is 49.3 Å². The van der Waals surface area contributed by atoms with Gasteiger partial charge in [-0.15, -0.1) is 0 Å². The predicted molar refractivity (Wildman–Crippen MR) is 110 cm³/mol. The van der Waals surface area contributed by atoms with Crippen molar-refractivity contribution in [1.82, 2.24) is 24.4 Å². The number of piperidine rings is 1. The van der Waals surface area contributed by atoms with Gasteiger partial charge in [0.25, 0.3) is 5.91 Å². The molecule has 2 aromatic heterocycles. The molecule has 0 bridgehead atoms. The third-order valence-corrected chi connectivity index (χ3v) is 6.36. The van der Waals surface area contributed by atoms with E-state index in [-0.39, 0.29) is 11.3 Å². The van der Waals surface area contributed by atoms with Gasteiger partial charge in [-0.1, -0.05) is 30.3 Å². The van der Waals surface area contributed by atoms with Crippen LogP contribution in [0.2, 0.25) is 0 Å². The zero-order chi connectivity index (χ0) is 20.0. The summed E-state index contributed by atoms with van der Waals surface area (Å²) in [6.45, 7) is 1.42. The number of aryl methyl sites for hydroxylation is 1. The van der Waals surface area contributed by atoms with Crippen LogP contribution in [0.1, 0.15) is 41.0 Å². The average molecular weight is 388 g/mol. The molecule has 0 saturated carbocycles. The number of fused-ring (bicyclic) bond motifs is 2. The lowest BCUT2D eigenvalue weighted by molar-refractivity contribution is 0.0624. The number of anilines is 1. The van der Waals surface area contributed by atoms with E-state index in [0.29, 0.717) is 18.2 Å². The van der Waals surface area contributed by atoms with Crippen LogP contribution in [0.25, 0.3) is 11.4 Å². The summed E-state index contributed by atoms with van der Waals surface area (Å²) in [6.07, 6.45) is 7.46. The van der Waals surface area contributed by atoms with Crippen molar-refractivity contribution in [3.63, 3.8) is 0 Å². The number of nitrogens with zero attached hydrogens (tertiary/aromatic N) is 5. The Bertz CT molecular complexity index is 1070. The second kappa shape index (κ2) is 6.69. The van der Waals surface area contributed by atoms with Gasteiger partial charge >= 0.3 is 0 Å². The summed E-state index contributed by atoms with van der Waals surface area (Å²) in [7, 11) is 1.90. The Morgan fingerprint density at radius 1 is 1.14 bits per heavy atom. The molecule has 1 atom stereocenters. The van der Waals surface area contributed by atoms with Crippen LogP contribution in [0.4, 0.5) is 5.95 Å². The van der Waals surface area contributed by atoms with Crippen LogP contribution in [0.15, 0.2) is 42.7 Å². The molecule has 3 aromatic rings. The average Bonchev–Trinajstić information content (AvgIpc) is 3.29. The number of aromatic nitrogens is 4. The van der Waals surface area contributed by atoms with E-state index in [1.54, 1.807) is 6.20 Å². The van der Waals surface area contributed by atoms with Gasteiger partial charge in [-0.05, 0) is 31.2 Å². The second-order valence-corrected chi connectivity index (χ2v) is 8.10. The van der Waals surface area contributed by atoms with Crippen LogP contribution in [-0.4, -0.2) is 43.4 Å². The maximum absolute atomic E-state index is 13.4. The summed E-state index contributed by atoms with van der Waals surface area (Å²) in [5.74, 6) is 1.14. The maximum Gasteiger partial charge on any atom is 0.272 e. The summed E-state index contributed by atoms with van der Waals surface area (Å²) < 4.78 is 1.89. The summed E-state index contributed by atoms with van der Waals surface area (Å²) in [4.78, 5) is 28.6. The number of nitrogen functional groups attached to an aromatic ring is 1. The molecule has 148 valence electrons. The fraction of sp³-hybridized carbons (Fsp3) is 0.364. The number of benzene rings is 1. The maximum atomic E-state index is 13.4. The van der Waals surface area contributed by atoms with E-state index in [4.69, 9.17) is 5.73 Å². The molecule has 5 rings (SSSR count). The molecule has 1 aliphatic carbocycles. The van der Waals surface area contributed by atoms with Crippen molar-refractivity contribution >= 4 is 11.9 Å². The summed E-state index contributed by atoms with van der Waals surface area (Å²) in [5, 5.41) is 0. The van der Waals surface area contributed by atoms with Crippen LogP contribution in [0.5, 0.6) is 0 Å². The van der Waals surface area contributed by atoms with Crippen LogP contribution < -0.4 is 5.73 Å². The molecule has 1 amide bonds. The van der Waals surface area contributed by atoms with Crippen molar-refractivity contribution in [3.05, 3.63) is 59.7 Å². The van der Waals surface area contributed by atoms with Crippen molar-refractivity contribution < 1.29 is 4.79 Å². The molecule has 1 saturated heterocycles. The van der Waals surface area contributed by atoms with Gasteiger partial charge in [-0.3, -0.25) is 4.79 Å². The Hall–Kier alpha value is -3.22. The largest absolute Gasteiger partial charge is 0.368 e. The van der Waals surface area contributed by atoms with E-state index in [9.17, 15) is 4.79 Å². The summed E-state index contributed by atoms with van der Waals surface area (Å²) in [6, 6.07) is 9.94. The number of likely N-dealkylation sites (tertiary alicyclic amines) is 1. The van der Waals surface area contributed by atoms with Gasteiger partial charge in [0, 0.05) is 37.3 Å². The highest BCUT2D eigenvalue weighted by Crippen LogP contribution is 2.44. The van der Waals surface area contributed by atoms with Crippen molar-refractivity contribution in [3.8, 4) is 11.4 Å². The number of nitrogens with two attached hydrogens (primary N) is 1. The molecule has 1 aliphatic heterocycles. The second-order valence-electron chi connectivity index (χ2n) is 8.10. The van der Waals surface area contributed by atoms with Gasteiger partial charge in [-0.25, -0.2) is 15.0 Å². The van der Waals surface area contributed by atoms with Crippen molar-refractivity contribution in [2.24, 2.45) is 7.05 Å². The number of carbonyl (C=O) groups is 1. The molecular formula is C22H24N6O. The first-order valence-electron chi connectivity index (χ1n) is 10.1. The van der Waals surface area contributed by atoms with Crippen molar-refractivity contribution in [2.45, 2.75) is 31.1 Å². The third kappa shape index (κ3) is 2.88. The van der Waals surface area contributed by atoms with Gasteiger partial charge in [-0.2, -0.15) is 0 Å². The van der Waals surface area contributed by atoms with Crippen molar-refractivity contribution in [1.29, 1.82) is 0 Å². The first-order valence-corrected chi connectivity index (χ1v) is 10.1. The third-order valence-electron chi connectivity index (χ3n) is 6.36. The number of imidazole rings is 1. The molecule has 1 fully saturated rings. The minimum absolute atomic E-state index is 0.0248.